The second-order valence-electron chi connectivity index (χ2n) is 14.6. The molecule has 0 aliphatic rings. The van der Waals surface area contributed by atoms with Gasteiger partial charge in [0, 0.05) is 24.4 Å². The summed E-state index contributed by atoms with van der Waals surface area (Å²) in [5.41, 5.74) is 10.1. The molecule has 8 aromatic rings. The Hall–Kier alpha value is -6.26. The summed E-state index contributed by atoms with van der Waals surface area (Å²) in [4.78, 5) is 10.1. The van der Waals surface area contributed by atoms with Crippen LogP contribution in [0.3, 0.4) is 0 Å². The summed E-state index contributed by atoms with van der Waals surface area (Å²) in [5, 5.41) is 11.3. The molecule has 2 heterocycles. The van der Waals surface area contributed by atoms with Gasteiger partial charge in [-0.2, -0.15) is 0 Å². The number of pyridine rings is 1. The summed E-state index contributed by atoms with van der Waals surface area (Å²) < 4.78 is 53.0. The minimum absolute atomic E-state index is 0.0907. The standard InChI is InChI=1S/C49H43N3O/c1-32(2)36-25-37(34-17-10-7-11-18-34)30-41(29-36)52-45-21-14-20-42(47(45)51-48(52)43-19-12-13-22-46(43)53)38-26-39(28-40(27-38)49(3,4)5)44-31-35(23-24-50-44)33-15-8-6-9-16-33/h6-32,53H,1-5H3/i6D,8D,9D,15D,16D,32D. The van der Waals surface area contributed by atoms with Gasteiger partial charge in [-0.05, 0) is 105 Å². The lowest BCUT2D eigenvalue weighted by atomic mass is 9.83. The van der Waals surface area contributed by atoms with E-state index < -0.39 is 24.0 Å². The third-order valence-corrected chi connectivity index (χ3v) is 9.64. The number of phenols is 1. The number of aromatic nitrogens is 3. The van der Waals surface area contributed by atoms with Crippen LogP contribution in [-0.4, -0.2) is 19.6 Å². The third-order valence-electron chi connectivity index (χ3n) is 9.64. The lowest BCUT2D eigenvalue weighted by Crippen LogP contribution is -2.11. The fourth-order valence-electron chi connectivity index (χ4n) is 6.77. The molecule has 0 bridgehead atoms. The zero-order valence-electron chi connectivity index (χ0n) is 36.4. The van der Waals surface area contributed by atoms with Crippen molar-refractivity contribution in [2.45, 2.75) is 45.9 Å². The normalized spacial score (nSPS) is 13.5. The minimum atomic E-state index is -0.909. The van der Waals surface area contributed by atoms with Gasteiger partial charge in [-0.15, -0.1) is 0 Å². The fourth-order valence-corrected chi connectivity index (χ4v) is 6.77. The topological polar surface area (TPSA) is 50.9 Å². The molecule has 4 heteroatoms. The van der Waals surface area contributed by atoms with Gasteiger partial charge in [0.2, 0.25) is 0 Å². The van der Waals surface area contributed by atoms with Crippen molar-refractivity contribution >= 4 is 11.0 Å². The first-order valence-electron chi connectivity index (χ1n) is 20.7. The van der Waals surface area contributed by atoms with Gasteiger partial charge in [-0.3, -0.25) is 9.55 Å². The SMILES string of the molecule is [2H]c1c([2H])c([2H])c(-c2ccnc(-c3cc(-c4cccc5c4nc(-c4ccccc4O)n5-c4cc(-c5ccccc5)cc(C([2H])(C)C)c4)cc(C(C)(C)C)c3)c2)c([2H])c1[2H]. The maximum atomic E-state index is 11.3. The molecule has 8 rings (SSSR count). The number of hydrogen-bond acceptors (Lipinski definition) is 3. The van der Waals surface area contributed by atoms with Crippen molar-refractivity contribution in [1.29, 1.82) is 0 Å². The van der Waals surface area contributed by atoms with Gasteiger partial charge in [0.25, 0.3) is 0 Å². The van der Waals surface area contributed by atoms with Crippen molar-refractivity contribution < 1.29 is 13.3 Å². The van der Waals surface area contributed by atoms with Gasteiger partial charge < -0.3 is 5.11 Å². The Bertz CT molecular complexity index is 2900. The zero-order valence-corrected chi connectivity index (χ0v) is 30.4. The average molecular weight is 696 g/mol. The van der Waals surface area contributed by atoms with Crippen LogP contribution in [0.1, 0.15) is 59.9 Å². The predicted octanol–water partition coefficient (Wildman–Crippen LogP) is 12.9. The van der Waals surface area contributed by atoms with Gasteiger partial charge in [0.05, 0.1) is 29.1 Å². The average Bonchev–Trinajstić information content (AvgIpc) is 3.61. The molecule has 1 N–H and O–H groups in total. The van der Waals surface area contributed by atoms with E-state index >= 15 is 0 Å². The van der Waals surface area contributed by atoms with Crippen LogP contribution in [-0.2, 0) is 5.41 Å². The maximum absolute atomic E-state index is 11.3. The highest BCUT2D eigenvalue weighted by Crippen LogP contribution is 2.41. The lowest BCUT2D eigenvalue weighted by Gasteiger charge is -2.22. The number of imidazole rings is 1. The molecular weight excluding hydrogens is 647 g/mol. The number of nitrogens with zero attached hydrogens (tertiary/aromatic N) is 3. The fraction of sp³-hybridized carbons (Fsp3) is 0.143. The minimum Gasteiger partial charge on any atom is -0.507 e. The van der Waals surface area contributed by atoms with Crippen LogP contribution in [0.15, 0.2) is 158 Å². The van der Waals surface area contributed by atoms with E-state index in [1.165, 1.54) is 0 Å². The predicted molar refractivity (Wildman–Crippen MR) is 220 cm³/mol. The smallest absolute Gasteiger partial charge is 0.149 e. The molecule has 0 spiro atoms. The van der Waals surface area contributed by atoms with E-state index in [4.69, 9.17) is 18.2 Å². The van der Waals surface area contributed by atoms with Crippen molar-refractivity contribution in [3.63, 3.8) is 0 Å². The first-order chi connectivity index (χ1) is 28.0. The first kappa shape index (κ1) is 27.4. The highest BCUT2D eigenvalue weighted by molar-refractivity contribution is 5.97. The summed E-state index contributed by atoms with van der Waals surface area (Å²) >= 11 is 0. The van der Waals surface area contributed by atoms with Crippen LogP contribution in [0.25, 0.3) is 72.7 Å². The Kier molecular flexibility index (Phi) is 7.08. The Labute approximate surface area is 320 Å². The second kappa shape index (κ2) is 13.7. The molecule has 0 saturated heterocycles. The monoisotopic (exact) mass is 695 g/mol. The molecule has 260 valence electrons. The number of aromatic hydroxyl groups is 1. The zero-order chi connectivity index (χ0) is 42.0. The van der Waals surface area contributed by atoms with Gasteiger partial charge >= 0.3 is 0 Å². The summed E-state index contributed by atoms with van der Waals surface area (Å²) in [6.07, 6.45) is 1.60. The van der Waals surface area contributed by atoms with Crippen LogP contribution in [0, 0.1) is 0 Å². The van der Waals surface area contributed by atoms with E-state index in [1.54, 1.807) is 30.5 Å². The molecular formula is C49H43N3O. The summed E-state index contributed by atoms with van der Waals surface area (Å²) in [5.74, 6) is -0.272. The molecule has 0 aliphatic carbocycles. The van der Waals surface area contributed by atoms with Gasteiger partial charge in [0.1, 0.15) is 11.6 Å². The van der Waals surface area contributed by atoms with E-state index in [1.807, 2.05) is 74.5 Å². The molecule has 0 saturated carbocycles. The summed E-state index contributed by atoms with van der Waals surface area (Å²) in [7, 11) is 0. The van der Waals surface area contributed by atoms with Crippen molar-refractivity contribution in [1.82, 2.24) is 14.5 Å². The number of hydrogen-bond donors (Lipinski definition) is 1. The van der Waals surface area contributed by atoms with E-state index in [0.29, 0.717) is 28.2 Å². The van der Waals surface area contributed by atoms with Crippen LogP contribution in [0.2, 0.25) is 0 Å². The Morgan fingerprint density at radius 1 is 0.660 bits per heavy atom. The summed E-state index contributed by atoms with van der Waals surface area (Å²) in [6.45, 7) is 10.2. The molecule has 4 nitrogen and oxygen atoms in total. The van der Waals surface area contributed by atoms with Crippen molar-refractivity contribution in [2.24, 2.45) is 0 Å². The molecule has 0 unspecified atom stereocenters. The Morgan fingerprint density at radius 2 is 1.40 bits per heavy atom. The number of benzene rings is 6. The van der Waals surface area contributed by atoms with Gasteiger partial charge in [-0.25, -0.2) is 4.98 Å². The maximum Gasteiger partial charge on any atom is 0.149 e. The van der Waals surface area contributed by atoms with Crippen LogP contribution < -0.4 is 0 Å². The van der Waals surface area contributed by atoms with Crippen LogP contribution in [0.5, 0.6) is 5.75 Å². The lowest BCUT2D eigenvalue weighted by molar-refractivity contribution is 0.477. The molecule has 2 aromatic heterocycles. The molecule has 6 aromatic carbocycles. The Morgan fingerprint density at radius 3 is 2.15 bits per heavy atom. The number of phenolic OH excluding ortho intramolecular Hbond substituents is 1. The quantitative estimate of drug-likeness (QED) is 0.181. The number of rotatable bonds is 7. The van der Waals surface area contributed by atoms with E-state index in [-0.39, 0.29) is 28.8 Å². The molecule has 0 aliphatic heterocycles. The van der Waals surface area contributed by atoms with E-state index in [0.717, 1.165) is 50.1 Å². The van der Waals surface area contributed by atoms with Crippen LogP contribution in [0.4, 0.5) is 0 Å². The molecule has 0 amide bonds. The highest BCUT2D eigenvalue weighted by atomic mass is 16.3. The molecule has 0 fully saturated rings. The second-order valence-corrected chi connectivity index (χ2v) is 14.6. The van der Waals surface area contributed by atoms with E-state index in [2.05, 4.69) is 61.7 Å². The van der Waals surface area contributed by atoms with Crippen molar-refractivity contribution in [3.05, 3.63) is 169 Å². The molecule has 53 heavy (non-hydrogen) atoms. The van der Waals surface area contributed by atoms with Crippen molar-refractivity contribution in [3.8, 4) is 67.5 Å². The van der Waals surface area contributed by atoms with Crippen molar-refractivity contribution in [2.75, 3.05) is 0 Å². The first-order valence-corrected chi connectivity index (χ1v) is 17.7. The summed E-state index contributed by atoms with van der Waals surface area (Å²) in [6, 6.07) is 37.5. The molecule has 0 radical (unpaired) electrons. The number of para-hydroxylation sites is 2. The highest BCUT2D eigenvalue weighted by Gasteiger charge is 2.23. The number of fused-ring (bicyclic) bond motifs is 1. The van der Waals surface area contributed by atoms with Crippen LogP contribution >= 0.6 is 0 Å². The van der Waals surface area contributed by atoms with Gasteiger partial charge in [0.15, 0.2) is 0 Å². The van der Waals surface area contributed by atoms with E-state index in [9.17, 15) is 5.11 Å². The third kappa shape index (κ3) is 6.65. The largest absolute Gasteiger partial charge is 0.507 e. The Balaban J connectivity index is 1.38. The molecule has 0 atom stereocenters. The van der Waals surface area contributed by atoms with Gasteiger partial charge in [-0.1, -0.05) is 132 Å².